The Labute approximate surface area is 236 Å². The summed E-state index contributed by atoms with van der Waals surface area (Å²) in [7, 11) is 0. The number of fused-ring (bicyclic) bond motifs is 3. The van der Waals surface area contributed by atoms with Gasteiger partial charge in [0.15, 0.2) is 0 Å². The second-order valence-corrected chi connectivity index (χ2v) is 7.59. The third-order valence-electron chi connectivity index (χ3n) is 4.97. The number of benzene rings is 3. The number of hydrogen-bond acceptors (Lipinski definition) is 12. The predicted octanol–water partition coefficient (Wildman–Crippen LogP) is -0.401. The molecule has 3 aromatic carbocycles. The molecule has 0 atom stereocenters. The van der Waals surface area contributed by atoms with Gasteiger partial charge in [-0.1, -0.05) is 36.4 Å². The van der Waals surface area contributed by atoms with Crippen LogP contribution >= 0.6 is 0 Å². The Morgan fingerprint density at radius 2 is 0.650 bits per heavy atom. The van der Waals surface area contributed by atoms with Gasteiger partial charge in [0, 0.05) is 0 Å². The summed E-state index contributed by atoms with van der Waals surface area (Å²) in [5.74, 6) is -3.92. The van der Waals surface area contributed by atoms with E-state index in [2.05, 4.69) is 29.9 Å². The maximum atomic E-state index is 10.4. The van der Waals surface area contributed by atoms with Gasteiger partial charge in [-0.3, -0.25) is 15.0 Å². The molecule has 0 amide bonds. The largest absolute Gasteiger partial charge is 3.00 e. The number of carboxylic acid groups (broad SMARTS) is 3. The minimum atomic E-state index is -1.31. The first-order chi connectivity index (χ1) is 18.8. The molecule has 0 aliphatic rings. The van der Waals surface area contributed by atoms with Crippen molar-refractivity contribution in [1.29, 1.82) is 0 Å². The van der Waals surface area contributed by atoms with Crippen LogP contribution in [0.25, 0.3) is 33.1 Å². The smallest absolute Gasteiger partial charge is 0.543 e. The van der Waals surface area contributed by atoms with Crippen molar-refractivity contribution in [2.45, 2.75) is 0 Å². The van der Waals surface area contributed by atoms with Crippen molar-refractivity contribution in [3.05, 3.63) is 108 Å². The molecule has 6 rings (SSSR count). The number of rotatable bonds is 3. The minimum Gasteiger partial charge on any atom is -0.543 e. The van der Waals surface area contributed by atoms with Gasteiger partial charge in [-0.25, -0.2) is 15.0 Å². The third-order valence-corrected chi connectivity index (χ3v) is 4.97. The zero-order valence-corrected chi connectivity index (χ0v) is 21.5. The molecule has 0 unspecified atom stereocenters. The molecule has 192 valence electrons. The van der Waals surface area contributed by atoms with Crippen LogP contribution in [0.5, 0.6) is 0 Å². The van der Waals surface area contributed by atoms with E-state index in [1.165, 1.54) is 18.6 Å². The van der Waals surface area contributed by atoms with Crippen molar-refractivity contribution in [1.82, 2.24) is 29.9 Å². The fraction of sp³-hybridized carbons (Fsp3) is 0. The topological polar surface area (TPSA) is 198 Å². The van der Waals surface area contributed by atoms with Gasteiger partial charge in [0.2, 0.25) is 0 Å². The fourth-order valence-electron chi connectivity index (χ4n) is 3.17. The Balaban J connectivity index is 0.000000163. The van der Waals surface area contributed by atoms with Crippen LogP contribution in [-0.2, 0) is 0 Å². The van der Waals surface area contributed by atoms with Crippen molar-refractivity contribution in [2.75, 3.05) is 0 Å². The normalized spacial score (nSPS) is 9.90. The molecule has 0 aliphatic heterocycles. The summed E-state index contributed by atoms with van der Waals surface area (Å²) in [6.45, 7) is 0. The van der Waals surface area contributed by atoms with Crippen LogP contribution in [0.2, 0.25) is 0 Å². The number of nitrogens with zero attached hydrogens (tertiary/aromatic N) is 6. The van der Waals surface area contributed by atoms with Gasteiger partial charge in [-0.15, -0.1) is 0 Å². The van der Waals surface area contributed by atoms with E-state index >= 15 is 0 Å². The zero-order valence-electron chi connectivity index (χ0n) is 20.4. The van der Waals surface area contributed by atoms with Crippen LogP contribution in [0.3, 0.4) is 0 Å². The first-order valence-electron chi connectivity index (χ1n) is 11.1. The molecule has 0 bridgehead atoms. The SMILES string of the molecule is O=C([O-])c1cnc2ccccc2n1.O=C([O-])c1cnc2ccccc2n1.O=C([O-])c1cnc2ccccc2n1.[Al+3]. The van der Waals surface area contributed by atoms with Gasteiger partial charge in [0.25, 0.3) is 0 Å². The van der Waals surface area contributed by atoms with Gasteiger partial charge < -0.3 is 29.7 Å². The van der Waals surface area contributed by atoms with E-state index in [1.807, 2.05) is 18.2 Å². The number of carbonyl (C=O) groups excluding carboxylic acids is 3. The second-order valence-electron chi connectivity index (χ2n) is 7.59. The summed E-state index contributed by atoms with van der Waals surface area (Å²) >= 11 is 0. The van der Waals surface area contributed by atoms with Crippen LogP contribution in [0.4, 0.5) is 0 Å². The second kappa shape index (κ2) is 13.4. The van der Waals surface area contributed by atoms with E-state index < -0.39 is 17.9 Å². The molecule has 0 spiro atoms. The average Bonchev–Trinajstić information content (AvgIpc) is 2.97. The summed E-state index contributed by atoms with van der Waals surface area (Å²) < 4.78 is 0. The van der Waals surface area contributed by atoms with Crippen molar-refractivity contribution >= 4 is 68.4 Å². The molecule has 0 N–H and O–H groups in total. The Hall–Kier alpha value is -5.38. The molecule has 3 heterocycles. The molecule has 6 aromatic rings. The molecule has 0 fully saturated rings. The Morgan fingerprint density at radius 3 is 0.875 bits per heavy atom. The summed E-state index contributed by atoms with van der Waals surface area (Å²) in [5, 5.41) is 31.3. The molecular formula is C27H15AlN6O6. The molecule has 40 heavy (non-hydrogen) atoms. The number of carboxylic acids is 3. The van der Waals surface area contributed by atoms with Crippen molar-refractivity contribution < 1.29 is 29.7 Å². The number of aromatic carboxylic acids is 3. The third kappa shape index (κ3) is 7.35. The van der Waals surface area contributed by atoms with Crippen molar-refractivity contribution in [3.63, 3.8) is 0 Å². The summed E-state index contributed by atoms with van der Waals surface area (Å²) in [4.78, 5) is 54.6. The van der Waals surface area contributed by atoms with E-state index in [0.29, 0.717) is 33.1 Å². The van der Waals surface area contributed by atoms with E-state index in [4.69, 9.17) is 0 Å². The quantitative estimate of drug-likeness (QED) is 0.261. The van der Waals surface area contributed by atoms with E-state index in [9.17, 15) is 29.7 Å². The monoisotopic (exact) mass is 546 g/mol. The maximum Gasteiger partial charge on any atom is 3.00 e. The molecule has 0 saturated heterocycles. The molecule has 0 aliphatic carbocycles. The number of para-hydroxylation sites is 6. The standard InChI is InChI=1S/3C9H6N2O2.Al/c3*12-9(13)8-5-10-6-3-1-2-4-7(6)11-8;/h3*1-5H,(H,12,13);/q;;;+3/p-3. The molecular weight excluding hydrogens is 531 g/mol. The van der Waals surface area contributed by atoms with Crippen molar-refractivity contribution in [3.8, 4) is 0 Å². The number of hydrogen-bond donors (Lipinski definition) is 0. The summed E-state index contributed by atoms with van der Waals surface area (Å²) in [5.41, 5.74) is 3.28. The van der Waals surface area contributed by atoms with Crippen LogP contribution in [0.1, 0.15) is 31.5 Å². The van der Waals surface area contributed by atoms with Gasteiger partial charge in [-0.05, 0) is 36.4 Å². The summed E-state index contributed by atoms with van der Waals surface area (Å²) in [6, 6.07) is 21.2. The van der Waals surface area contributed by atoms with Gasteiger partial charge in [-0.2, -0.15) is 0 Å². The molecule has 3 aromatic heterocycles. The molecule has 0 saturated carbocycles. The van der Waals surface area contributed by atoms with Gasteiger partial charge in [0.05, 0.1) is 69.6 Å². The van der Waals surface area contributed by atoms with Crippen LogP contribution in [0.15, 0.2) is 91.4 Å². The average molecular weight is 546 g/mol. The van der Waals surface area contributed by atoms with E-state index in [0.717, 1.165) is 0 Å². The van der Waals surface area contributed by atoms with E-state index in [-0.39, 0.29) is 34.4 Å². The fourth-order valence-corrected chi connectivity index (χ4v) is 3.17. The zero-order chi connectivity index (χ0) is 27.8. The maximum absolute atomic E-state index is 10.4. The molecule has 13 heteroatoms. The molecule has 0 radical (unpaired) electrons. The van der Waals surface area contributed by atoms with Crippen LogP contribution in [0, 0.1) is 0 Å². The first kappa shape index (κ1) is 29.2. The first-order valence-corrected chi connectivity index (χ1v) is 11.1. The van der Waals surface area contributed by atoms with Gasteiger partial charge >= 0.3 is 17.4 Å². The predicted molar refractivity (Wildman–Crippen MR) is 137 cm³/mol. The van der Waals surface area contributed by atoms with Gasteiger partial charge in [0.1, 0.15) is 17.1 Å². The van der Waals surface area contributed by atoms with Crippen LogP contribution in [-0.4, -0.2) is 65.2 Å². The minimum absolute atomic E-state index is 0. The Kier molecular flexibility index (Phi) is 9.80. The number of carbonyl (C=O) groups is 3. The van der Waals surface area contributed by atoms with E-state index in [1.54, 1.807) is 54.6 Å². The van der Waals surface area contributed by atoms with Crippen molar-refractivity contribution in [2.24, 2.45) is 0 Å². The molecule has 12 nitrogen and oxygen atoms in total. The van der Waals surface area contributed by atoms with Crippen LogP contribution < -0.4 is 15.3 Å². The summed E-state index contributed by atoms with van der Waals surface area (Å²) in [6.07, 6.45) is 3.58. The Morgan fingerprint density at radius 1 is 0.425 bits per heavy atom. The Bertz CT molecular complexity index is 1620. The number of aromatic nitrogens is 6.